The smallest absolute Gasteiger partial charge is 0.221 e. The highest BCUT2D eigenvalue weighted by Crippen LogP contribution is 2.30. The van der Waals surface area contributed by atoms with E-state index in [0.717, 1.165) is 37.8 Å². The lowest BCUT2D eigenvalue weighted by Gasteiger charge is -2.27. The fraction of sp³-hybridized carbons (Fsp3) is 0.933. The zero-order valence-corrected chi connectivity index (χ0v) is 11.7. The molecule has 2 rings (SSSR count). The van der Waals surface area contributed by atoms with Crippen molar-refractivity contribution in [2.45, 2.75) is 64.3 Å². The number of rotatable bonds is 4. The van der Waals surface area contributed by atoms with E-state index in [1.807, 2.05) is 0 Å². The number of hydrogen-bond donors (Lipinski definition) is 2. The van der Waals surface area contributed by atoms with Crippen LogP contribution in [0.15, 0.2) is 0 Å². The maximum atomic E-state index is 11.5. The first-order valence-electron chi connectivity index (χ1n) is 7.74. The molecule has 0 spiro atoms. The Bertz CT molecular complexity index is 267. The van der Waals surface area contributed by atoms with Crippen molar-refractivity contribution in [3.63, 3.8) is 0 Å². The van der Waals surface area contributed by atoms with E-state index in [-0.39, 0.29) is 5.91 Å². The van der Waals surface area contributed by atoms with Crippen LogP contribution in [0.25, 0.3) is 0 Å². The quantitative estimate of drug-likeness (QED) is 0.807. The predicted molar refractivity (Wildman–Crippen MR) is 74.4 cm³/mol. The number of hydrogen-bond acceptors (Lipinski definition) is 2. The van der Waals surface area contributed by atoms with Gasteiger partial charge in [-0.1, -0.05) is 26.2 Å². The molecule has 1 saturated heterocycles. The highest BCUT2D eigenvalue weighted by molar-refractivity contribution is 5.76. The summed E-state index contributed by atoms with van der Waals surface area (Å²) in [4.78, 5) is 11.5. The lowest BCUT2D eigenvalue weighted by Crippen LogP contribution is -2.34. The molecule has 0 aromatic heterocycles. The van der Waals surface area contributed by atoms with E-state index in [2.05, 4.69) is 17.6 Å². The van der Waals surface area contributed by atoms with Gasteiger partial charge in [0.25, 0.3) is 0 Å². The molecule has 1 aliphatic carbocycles. The van der Waals surface area contributed by atoms with Crippen molar-refractivity contribution in [1.82, 2.24) is 10.6 Å². The van der Waals surface area contributed by atoms with Gasteiger partial charge in [0.2, 0.25) is 5.91 Å². The molecule has 0 bridgehead atoms. The third kappa shape index (κ3) is 4.60. The number of carbonyl (C=O) groups is 1. The highest BCUT2D eigenvalue weighted by Gasteiger charge is 2.20. The molecule has 2 fully saturated rings. The van der Waals surface area contributed by atoms with Crippen molar-refractivity contribution >= 4 is 5.91 Å². The summed E-state index contributed by atoms with van der Waals surface area (Å²) in [5.41, 5.74) is 0. The van der Waals surface area contributed by atoms with Gasteiger partial charge in [-0.3, -0.25) is 4.79 Å². The summed E-state index contributed by atoms with van der Waals surface area (Å²) in [5, 5.41) is 6.53. The van der Waals surface area contributed by atoms with E-state index in [9.17, 15) is 4.79 Å². The number of amides is 1. The lowest BCUT2D eigenvalue weighted by molar-refractivity contribution is -0.121. The maximum absolute atomic E-state index is 11.5. The Kier molecular flexibility index (Phi) is 5.48. The summed E-state index contributed by atoms with van der Waals surface area (Å²) in [6, 6.07) is 0.411. The summed E-state index contributed by atoms with van der Waals surface area (Å²) in [6.07, 6.45) is 9.88. The summed E-state index contributed by atoms with van der Waals surface area (Å²) < 4.78 is 0. The zero-order valence-electron chi connectivity index (χ0n) is 11.7. The van der Waals surface area contributed by atoms with Crippen LogP contribution in [0, 0.1) is 11.8 Å². The molecule has 3 heteroatoms. The minimum absolute atomic E-state index is 0.219. The lowest BCUT2D eigenvalue weighted by atomic mass is 9.81. The van der Waals surface area contributed by atoms with Crippen LogP contribution in [0.5, 0.6) is 0 Å². The van der Waals surface area contributed by atoms with E-state index in [0.29, 0.717) is 12.5 Å². The van der Waals surface area contributed by atoms with Crippen LogP contribution >= 0.6 is 0 Å². The minimum atomic E-state index is 0.219. The van der Waals surface area contributed by atoms with E-state index in [1.165, 1.54) is 32.1 Å². The molecule has 0 aromatic rings. The number of carbonyl (C=O) groups excluding carboxylic acids is 1. The van der Waals surface area contributed by atoms with Gasteiger partial charge in [0.15, 0.2) is 0 Å². The fourth-order valence-electron chi connectivity index (χ4n) is 3.46. The largest absolute Gasteiger partial charge is 0.356 e. The van der Waals surface area contributed by atoms with Crippen LogP contribution in [0.2, 0.25) is 0 Å². The van der Waals surface area contributed by atoms with Crippen LogP contribution in [-0.4, -0.2) is 25.0 Å². The third-order valence-electron chi connectivity index (χ3n) is 4.51. The molecule has 1 aliphatic heterocycles. The second-order valence-electron chi connectivity index (χ2n) is 6.27. The molecule has 1 heterocycles. The molecule has 2 aliphatic rings. The van der Waals surface area contributed by atoms with Crippen molar-refractivity contribution in [1.29, 1.82) is 0 Å². The van der Waals surface area contributed by atoms with Crippen LogP contribution in [0.3, 0.4) is 0 Å². The summed E-state index contributed by atoms with van der Waals surface area (Å²) in [6.45, 7) is 4.34. The fourth-order valence-corrected chi connectivity index (χ4v) is 3.46. The van der Waals surface area contributed by atoms with Gasteiger partial charge in [0.05, 0.1) is 0 Å². The normalized spacial score (nSPS) is 33.8. The van der Waals surface area contributed by atoms with Crippen molar-refractivity contribution < 1.29 is 4.79 Å². The zero-order chi connectivity index (χ0) is 12.8. The average molecular weight is 252 g/mol. The standard InChI is InChI=1S/C15H28N2O/c1-12-4-2-5-13(10-12)7-9-16-14-6-3-8-17-15(18)11-14/h12-14,16H,2-11H2,1H3,(H,17,18). The molecule has 0 aromatic carbocycles. The van der Waals surface area contributed by atoms with Crippen molar-refractivity contribution in [2.75, 3.05) is 13.1 Å². The van der Waals surface area contributed by atoms with Gasteiger partial charge in [0, 0.05) is 19.0 Å². The van der Waals surface area contributed by atoms with Gasteiger partial charge in [-0.05, 0) is 44.1 Å². The predicted octanol–water partition coefficient (Wildman–Crippen LogP) is 2.46. The molecular weight excluding hydrogens is 224 g/mol. The number of nitrogens with one attached hydrogen (secondary N) is 2. The van der Waals surface area contributed by atoms with E-state index < -0.39 is 0 Å². The Balaban J connectivity index is 1.63. The Morgan fingerprint density at radius 1 is 1.28 bits per heavy atom. The second-order valence-corrected chi connectivity index (χ2v) is 6.27. The monoisotopic (exact) mass is 252 g/mol. The van der Waals surface area contributed by atoms with E-state index in [4.69, 9.17) is 0 Å². The molecule has 18 heavy (non-hydrogen) atoms. The Labute approximate surface area is 111 Å². The molecule has 3 unspecified atom stereocenters. The van der Waals surface area contributed by atoms with Crippen molar-refractivity contribution in [3.05, 3.63) is 0 Å². The molecule has 1 saturated carbocycles. The Hall–Kier alpha value is -0.570. The first kappa shape index (κ1) is 13.9. The molecule has 3 nitrogen and oxygen atoms in total. The SMILES string of the molecule is CC1CCCC(CCNC2CCCNC(=O)C2)C1. The minimum Gasteiger partial charge on any atom is -0.356 e. The second kappa shape index (κ2) is 7.13. The highest BCUT2D eigenvalue weighted by atomic mass is 16.1. The molecule has 104 valence electrons. The van der Waals surface area contributed by atoms with Gasteiger partial charge >= 0.3 is 0 Å². The Morgan fingerprint density at radius 3 is 3.00 bits per heavy atom. The van der Waals surface area contributed by atoms with E-state index >= 15 is 0 Å². The average Bonchev–Trinajstić information content (AvgIpc) is 2.54. The molecule has 2 N–H and O–H groups in total. The van der Waals surface area contributed by atoms with Gasteiger partial charge in [-0.2, -0.15) is 0 Å². The molecule has 1 amide bonds. The molecular formula is C15H28N2O. The van der Waals surface area contributed by atoms with E-state index in [1.54, 1.807) is 0 Å². The van der Waals surface area contributed by atoms with Crippen LogP contribution < -0.4 is 10.6 Å². The summed E-state index contributed by atoms with van der Waals surface area (Å²) >= 11 is 0. The van der Waals surface area contributed by atoms with Crippen molar-refractivity contribution in [2.24, 2.45) is 11.8 Å². The maximum Gasteiger partial charge on any atom is 0.221 e. The third-order valence-corrected chi connectivity index (χ3v) is 4.51. The van der Waals surface area contributed by atoms with Gasteiger partial charge < -0.3 is 10.6 Å². The van der Waals surface area contributed by atoms with Crippen LogP contribution in [0.1, 0.15) is 58.3 Å². The first-order valence-corrected chi connectivity index (χ1v) is 7.74. The topological polar surface area (TPSA) is 41.1 Å². The molecule has 0 radical (unpaired) electrons. The van der Waals surface area contributed by atoms with Crippen molar-refractivity contribution in [3.8, 4) is 0 Å². The first-order chi connectivity index (χ1) is 8.74. The van der Waals surface area contributed by atoms with Gasteiger partial charge in [-0.25, -0.2) is 0 Å². The van der Waals surface area contributed by atoms with Gasteiger partial charge in [0.1, 0.15) is 0 Å². The van der Waals surface area contributed by atoms with Gasteiger partial charge in [-0.15, -0.1) is 0 Å². The van der Waals surface area contributed by atoms with Crippen LogP contribution in [0.4, 0.5) is 0 Å². The summed E-state index contributed by atoms with van der Waals surface area (Å²) in [5.74, 6) is 2.06. The van der Waals surface area contributed by atoms with Crippen LogP contribution in [-0.2, 0) is 4.79 Å². The summed E-state index contributed by atoms with van der Waals surface area (Å²) in [7, 11) is 0. The molecule has 3 atom stereocenters. The Morgan fingerprint density at radius 2 is 2.17 bits per heavy atom.